The van der Waals surface area contributed by atoms with Crippen LogP contribution in [0.3, 0.4) is 0 Å². The van der Waals surface area contributed by atoms with Crippen molar-refractivity contribution in [1.82, 2.24) is 9.80 Å². The number of nitrogens with one attached hydrogen (secondary N) is 2. The van der Waals surface area contributed by atoms with E-state index in [0.717, 1.165) is 9.80 Å². The van der Waals surface area contributed by atoms with E-state index >= 15 is 0 Å². The van der Waals surface area contributed by atoms with Gasteiger partial charge in [0.25, 0.3) is 0 Å². The molecule has 0 saturated carbocycles. The topological polar surface area (TPSA) is 218 Å². The molecule has 37 heavy (non-hydrogen) atoms. The van der Waals surface area contributed by atoms with E-state index < -0.39 is 0 Å². The van der Waals surface area contributed by atoms with Crippen LogP contribution in [-0.4, -0.2) is 127 Å². The number of nitriles is 2. The minimum Gasteiger partial charge on any atom is -0.379 e. The molecule has 0 rings (SSSR count). The van der Waals surface area contributed by atoms with Crippen LogP contribution in [0.5, 0.6) is 0 Å². The molecule has 15 heteroatoms. The summed E-state index contributed by atoms with van der Waals surface area (Å²) in [6.07, 6.45) is 4.85. The molecule has 0 atom stereocenters. The first-order chi connectivity index (χ1) is 18.0. The Kier molecular flexibility index (Phi) is 24.3. The quantitative estimate of drug-likeness (QED) is 0.0355. The summed E-state index contributed by atoms with van der Waals surface area (Å²) in [6.45, 7) is 7.17. The molecule has 0 aliphatic heterocycles. The van der Waals surface area contributed by atoms with Crippen LogP contribution < -0.4 is 11.5 Å². The fourth-order valence-electron chi connectivity index (χ4n) is 2.52. The molecule has 0 bridgehead atoms. The second kappa shape index (κ2) is 26.3. The van der Waals surface area contributed by atoms with E-state index in [-0.39, 0.29) is 11.9 Å². The van der Waals surface area contributed by atoms with Crippen LogP contribution >= 0.6 is 0 Å². The Morgan fingerprint density at radius 2 is 0.703 bits per heavy atom. The molecule has 0 amide bonds. The summed E-state index contributed by atoms with van der Waals surface area (Å²) in [5.41, 5.74) is 10.5. The van der Waals surface area contributed by atoms with Crippen molar-refractivity contribution in [3.63, 3.8) is 0 Å². The molecule has 0 spiro atoms. The molecule has 0 aromatic carbocycles. The lowest BCUT2D eigenvalue weighted by Crippen LogP contribution is -2.33. The lowest BCUT2D eigenvalue weighted by Gasteiger charge is -2.12. The van der Waals surface area contributed by atoms with E-state index in [0.29, 0.717) is 118 Å². The Bertz CT molecular complexity index is 606. The van der Waals surface area contributed by atoms with Crippen molar-refractivity contribution in [1.29, 1.82) is 21.3 Å². The Morgan fingerprint density at radius 1 is 0.486 bits per heavy atom. The smallest absolute Gasteiger partial charge is 0.201 e. The third-order valence-electron chi connectivity index (χ3n) is 4.40. The molecular weight excluding hydrogens is 488 g/mol. The van der Waals surface area contributed by atoms with Gasteiger partial charge in [-0.3, -0.25) is 10.8 Å². The van der Waals surface area contributed by atoms with E-state index in [9.17, 15) is 0 Å². The van der Waals surface area contributed by atoms with Crippen LogP contribution in [0.4, 0.5) is 0 Å². The SMILES string of the molecule is N#CN(CCCOCCOCCOCCOCCOCCOCCOCCCN(C#N)C(=N)N)C(=N)N. The maximum atomic E-state index is 8.75. The lowest BCUT2D eigenvalue weighted by atomic mass is 10.4. The summed E-state index contributed by atoms with van der Waals surface area (Å²) in [5.74, 6) is -0.533. The van der Waals surface area contributed by atoms with E-state index in [1.165, 1.54) is 0 Å². The van der Waals surface area contributed by atoms with Gasteiger partial charge in [0.05, 0.1) is 79.3 Å². The fourth-order valence-corrected chi connectivity index (χ4v) is 2.52. The second-order valence-corrected chi connectivity index (χ2v) is 7.27. The molecule has 0 aromatic rings. The van der Waals surface area contributed by atoms with Crippen LogP contribution in [0.25, 0.3) is 0 Å². The average molecular weight is 531 g/mol. The Balaban J connectivity index is 3.17. The Morgan fingerprint density at radius 3 is 0.892 bits per heavy atom. The highest BCUT2D eigenvalue weighted by molar-refractivity contribution is 5.76. The third kappa shape index (κ3) is 23.4. The average Bonchev–Trinajstić information content (AvgIpc) is 2.88. The predicted molar refractivity (Wildman–Crippen MR) is 133 cm³/mol. The van der Waals surface area contributed by atoms with Gasteiger partial charge in [0.15, 0.2) is 12.4 Å². The van der Waals surface area contributed by atoms with Gasteiger partial charge in [-0.2, -0.15) is 10.5 Å². The molecule has 0 radical (unpaired) electrons. The summed E-state index contributed by atoms with van der Waals surface area (Å²) in [6, 6.07) is 0. The summed E-state index contributed by atoms with van der Waals surface area (Å²) in [5, 5.41) is 31.9. The van der Waals surface area contributed by atoms with Gasteiger partial charge in [-0.15, -0.1) is 0 Å². The number of rotatable bonds is 26. The van der Waals surface area contributed by atoms with Gasteiger partial charge in [0.1, 0.15) is 0 Å². The van der Waals surface area contributed by atoms with Crippen LogP contribution in [-0.2, 0) is 33.2 Å². The largest absolute Gasteiger partial charge is 0.379 e. The van der Waals surface area contributed by atoms with Crippen LogP contribution in [0, 0.1) is 33.7 Å². The van der Waals surface area contributed by atoms with Crippen molar-refractivity contribution in [2.45, 2.75) is 12.8 Å². The van der Waals surface area contributed by atoms with E-state index in [1.807, 2.05) is 12.4 Å². The van der Waals surface area contributed by atoms with Crippen molar-refractivity contribution in [2.24, 2.45) is 11.5 Å². The minimum atomic E-state index is -0.267. The first-order valence-corrected chi connectivity index (χ1v) is 12.1. The lowest BCUT2D eigenvalue weighted by molar-refractivity contribution is -0.0206. The molecule has 0 saturated heterocycles. The first-order valence-electron chi connectivity index (χ1n) is 12.1. The number of hydrogen-bond acceptors (Lipinski definition) is 11. The van der Waals surface area contributed by atoms with Gasteiger partial charge in [0, 0.05) is 26.3 Å². The molecule has 0 heterocycles. The van der Waals surface area contributed by atoms with Gasteiger partial charge in [-0.25, -0.2) is 9.80 Å². The summed E-state index contributed by atoms with van der Waals surface area (Å²) >= 11 is 0. The van der Waals surface area contributed by atoms with Crippen LogP contribution in [0.2, 0.25) is 0 Å². The summed E-state index contributed by atoms with van der Waals surface area (Å²) < 4.78 is 37.8. The van der Waals surface area contributed by atoms with Gasteiger partial charge in [-0.05, 0) is 12.8 Å². The van der Waals surface area contributed by atoms with Crippen molar-refractivity contribution in [3.8, 4) is 12.4 Å². The van der Waals surface area contributed by atoms with Crippen molar-refractivity contribution in [3.05, 3.63) is 0 Å². The number of hydrogen-bond donors (Lipinski definition) is 4. The molecule has 6 N–H and O–H groups in total. The zero-order valence-electron chi connectivity index (χ0n) is 21.5. The molecule has 0 aromatic heterocycles. The first kappa shape index (κ1) is 34.2. The van der Waals surface area contributed by atoms with Gasteiger partial charge >= 0.3 is 0 Å². The summed E-state index contributed by atoms with van der Waals surface area (Å²) in [7, 11) is 0. The molecular formula is C22H42N8O7. The maximum Gasteiger partial charge on any atom is 0.201 e. The van der Waals surface area contributed by atoms with Crippen LogP contribution in [0.15, 0.2) is 0 Å². The van der Waals surface area contributed by atoms with Gasteiger partial charge in [-0.1, -0.05) is 0 Å². The molecule has 15 nitrogen and oxygen atoms in total. The highest BCUT2D eigenvalue weighted by Crippen LogP contribution is 1.91. The Labute approximate surface area is 219 Å². The molecule has 212 valence electrons. The van der Waals surface area contributed by atoms with Crippen LogP contribution in [0.1, 0.15) is 12.8 Å². The van der Waals surface area contributed by atoms with E-state index in [4.69, 9.17) is 66.0 Å². The normalized spacial score (nSPS) is 10.5. The second-order valence-electron chi connectivity index (χ2n) is 7.27. The van der Waals surface area contributed by atoms with E-state index in [1.54, 1.807) is 0 Å². The van der Waals surface area contributed by atoms with Gasteiger partial charge < -0.3 is 44.6 Å². The summed E-state index contributed by atoms with van der Waals surface area (Å²) in [4.78, 5) is 2.19. The van der Waals surface area contributed by atoms with Crippen molar-refractivity contribution >= 4 is 11.9 Å². The zero-order valence-corrected chi connectivity index (χ0v) is 21.5. The van der Waals surface area contributed by atoms with Gasteiger partial charge in [0.2, 0.25) is 11.9 Å². The third-order valence-corrected chi connectivity index (χ3v) is 4.40. The zero-order chi connectivity index (χ0) is 27.4. The highest BCUT2D eigenvalue weighted by Gasteiger charge is 2.04. The number of nitrogens with zero attached hydrogens (tertiary/aromatic N) is 4. The molecule has 0 aliphatic carbocycles. The highest BCUT2D eigenvalue weighted by atomic mass is 16.6. The molecule has 0 aliphatic rings. The number of guanidine groups is 2. The molecule has 0 fully saturated rings. The fraction of sp³-hybridized carbons (Fsp3) is 0.818. The van der Waals surface area contributed by atoms with Crippen molar-refractivity contribution < 1.29 is 33.2 Å². The Hall–Kier alpha value is -2.76. The molecule has 0 unspecified atom stereocenters. The number of nitrogens with two attached hydrogens (primary N) is 2. The predicted octanol–water partition coefficient (Wildman–Crippen LogP) is -0.764. The minimum absolute atomic E-state index is 0.267. The number of ether oxygens (including phenoxy) is 7. The van der Waals surface area contributed by atoms with E-state index in [2.05, 4.69) is 0 Å². The van der Waals surface area contributed by atoms with Crippen molar-refractivity contribution in [2.75, 3.05) is 106 Å². The maximum absolute atomic E-state index is 8.75. The monoisotopic (exact) mass is 530 g/mol. The standard InChI is InChI=1S/C22H42N8O7/c23-19-29(21(25)26)3-1-5-31-7-9-33-11-13-35-15-17-37-18-16-36-14-12-34-10-8-32-6-2-4-30(20-24)22(27)28/h1-18H2,(H3,25,26)(H3,27,28).